The number of benzene rings is 1. The minimum Gasteiger partial charge on any atom is -0.494 e. The highest BCUT2D eigenvalue weighted by Crippen LogP contribution is 2.21. The lowest BCUT2D eigenvalue weighted by Crippen LogP contribution is -2.23. The highest BCUT2D eigenvalue weighted by Gasteiger charge is 2.21. The molecular formula is C15H22O4S. The van der Waals surface area contributed by atoms with Crippen molar-refractivity contribution in [2.45, 2.75) is 26.0 Å². The van der Waals surface area contributed by atoms with E-state index in [1.165, 1.54) is 11.8 Å². The number of carbonyl (C=O) groups is 1. The molecule has 1 atom stereocenters. The summed E-state index contributed by atoms with van der Waals surface area (Å²) >= 11 is 1.42. The van der Waals surface area contributed by atoms with Crippen molar-refractivity contribution in [2.24, 2.45) is 5.92 Å². The van der Waals surface area contributed by atoms with Crippen LogP contribution >= 0.6 is 11.8 Å². The van der Waals surface area contributed by atoms with Gasteiger partial charge < -0.3 is 14.6 Å². The standard InChI is InChI=1S/C15H22O4S/c1-4-18-12-5-7-13(8-6-12)19-9-10-20-14(11(2)3)15(16)17/h5-8,11,14H,4,9-10H2,1-3H3,(H,16,17). The summed E-state index contributed by atoms with van der Waals surface area (Å²) in [7, 11) is 0. The van der Waals surface area contributed by atoms with Crippen LogP contribution in [0.2, 0.25) is 0 Å². The monoisotopic (exact) mass is 298 g/mol. The predicted molar refractivity (Wildman–Crippen MR) is 81.8 cm³/mol. The Morgan fingerprint density at radius 1 is 1.20 bits per heavy atom. The predicted octanol–water partition coefficient (Wildman–Crippen LogP) is 3.31. The smallest absolute Gasteiger partial charge is 0.316 e. The lowest BCUT2D eigenvalue weighted by molar-refractivity contribution is -0.137. The molecule has 0 aliphatic rings. The molecular weight excluding hydrogens is 276 g/mol. The van der Waals surface area contributed by atoms with Gasteiger partial charge in [0, 0.05) is 5.75 Å². The van der Waals surface area contributed by atoms with Gasteiger partial charge in [-0.05, 0) is 37.1 Å². The van der Waals surface area contributed by atoms with Crippen LogP contribution in [0.25, 0.3) is 0 Å². The van der Waals surface area contributed by atoms with Gasteiger partial charge in [0.25, 0.3) is 0 Å². The second kappa shape index (κ2) is 8.74. The Bertz CT molecular complexity index is 403. The molecule has 0 aliphatic carbocycles. The van der Waals surface area contributed by atoms with Gasteiger partial charge in [0.1, 0.15) is 16.7 Å². The topological polar surface area (TPSA) is 55.8 Å². The fourth-order valence-electron chi connectivity index (χ4n) is 1.68. The van der Waals surface area contributed by atoms with Gasteiger partial charge >= 0.3 is 5.97 Å². The minimum atomic E-state index is -0.758. The van der Waals surface area contributed by atoms with E-state index in [1.54, 1.807) is 0 Å². The van der Waals surface area contributed by atoms with E-state index in [4.69, 9.17) is 14.6 Å². The van der Waals surface area contributed by atoms with Crippen LogP contribution in [0.4, 0.5) is 0 Å². The number of ether oxygens (including phenoxy) is 2. The molecule has 0 spiro atoms. The molecule has 0 heterocycles. The SMILES string of the molecule is CCOc1ccc(OCCSC(C(=O)O)C(C)C)cc1. The normalized spacial score (nSPS) is 12.2. The van der Waals surface area contributed by atoms with Gasteiger partial charge in [0.2, 0.25) is 0 Å². The van der Waals surface area contributed by atoms with E-state index < -0.39 is 5.97 Å². The fourth-order valence-corrected chi connectivity index (χ4v) is 2.64. The van der Waals surface area contributed by atoms with Crippen molar-refractivity contribution in [1.29, 1.82) is 0 Å². The Hall–Kier alpha value is -1.36. The maximum atomic E-state index is 11.0. The van der Waals surface area contributed by atoms with Crippen molar-refractivity contribution >= 4 is 17.7 Å². The van der Waals surface area contributed by atoms with Crippen LogP contribution in [-0.2, 0) is 4.79 Å². The largest absolute Gasteiger partial charge is 0.494 e. The lowest BCUT2D eigenvalue weighted by Gasteiger charge is -2.15. The number of hydrogen-bond donors (Lipinski definition) is 1. The Balaban J connectivity index is 2.31. The molecule has 1 aromatic rings. The molecule has 0 saturated carbocycles. The highest BCUT2D eigenvalue weighted by molar-refractivity contribution is 8.00. The summed E-state index contributed by atoms with van der Waals surface area (Å²) in [4.78, 5) is 11.0. The second-order valence-corrected chi connectivity index (χ2v) is 5.88. The number of carboxylic acids is 1. The molecule has 0 radical (unpaired) electrons. The Labute approximate surface area is 124 Å². The molecule has 5 heteroatoms. The van der Waals surface area contributed by atoms with Gasteiger partial charge in [-0.2, -0.15) is 0 Å². The Morgan fingerprint density at radius 2 is 1.75 bits per heavy atom. The maximum Gasteiger partial charge on any atom is 0.316 e. The van der Waals surface area contributed by atoms with Crippen molar-refractivity contribution in [3.63, 3.8) is 0 Å². The van der Waals surface area contributed by atoms with Crippen molar-refractivity contribution in [3.8, 4) is 11.5 Å². The fraction of sp³-hybridized carbons (Fsp3) is 0.533. The van der Waals surface area contributed by atoms with Gasteiger partial charge in [-0.15, -0.1) is 11.8 Å². The zero-order valence-electron chi connectivity index (χ0n) is 12.2. The summed E-state index contributed by atoms with van der Waals surface area (Å²) < 4.78 is 10.9. The number of carboxylic acid groups (broad SMARTS) is 1. The average Bonchev–Trinajstić information content (AvgIpc) is 2.40. The van der Waals surface area contributed by atoms with Crippen molar-refractivity contribution in [2.75, 3.05) is 19.0 Å². The molecule has 0 aliphatic heterocycles. The Morgan fingerprint density at radius 3 is 2.20 bits per heavy atom. The lowest BCUT2D eigenvalue weighted by atomic mass is 10.1. The van der Waals surface area contributed by atoms with Crippen LogP contribution in [0.5, 0.6) is 11.5 Å². The van der Waals surface area contributed by atoms with E-state index in [1.807, 2.05) is 45.0 Å². The molecule has 0 bridgehead atoms. The molecule has 112 valence electrons. The zero-order chi connectivity index (χ0) is 15.0. The molecule has 0 saturated heterocycles. The molecule has 1 rings (SSSR count). The van der Waals surface area contributed by atoms with Crippen LogP contribution in [0.15, 0.2) is 24.3 Å². The highest BCUT2D eigenvalue weighted by atomic mass is 32.2. The number of hydrogen-bond acceptors (Lipinski definition) is 4. The maximum absolute atomic E-state index is 11.0. The quantitative estimate of drug-likeness (QED) is 0.709. The Kier molecular flexibility index (Phi) is 7.30. The van der Waals surface area contributed by atoms with E-state index in [2.05, 4.69) is 0 Å². The van der Waals surface area contributed by atoms with Crippen molar-refractivity contribution in [3.05, 3.63) is 24.3 Å². The first-order valence-corrected chi connectivity index (χ1v) is 7.79. The van der Waals surface area contributed by atoms with Gasteiger partial charge in [0.05, 0.1) is 13.2 Å². The van der Waals surface area contributed by atoms with Crippen LogP contribution in [0.3, 0.4) is 0 Å². The summed E-state index contributed by atoms with van der Waals surface area (Å²) in [5.74, 6) is 1.60. The van der Waals surface area contributed by atoms with Crippen LogP contribution in [0.1, 0.15) is 20.8 Å². The molecule has 1 unspecified atom stereocenters. The minimum absolute atomic E-state index is 0.114. The first-order chi connectivity index (χ1) is 9.54. The molecule has 20 heavy (non-hydrogen) atoms. The number of rotatable bonds is 9. The number of thioether (sulfide) groups is 1. The van der Waals surface area contributed by atoms with Crippen LogP contribution in [-0.4, -0.2) is 35.3 Å². The summed E-state index contributed by atoms with van der Waals surface area (Å²) in [5.41, 5.74) is 0. The first kappa shape index (κ1) is 16.7. The van der Waals surface area contributed by atoms with E-state index in [9.17, 15) is 4.79 Å². The van der Waals surface area contributed by atoms with E-state index in [-0.39, 0.29) is 11.2 Å². The summed E-state index contributed by atoms with van der Waals surface area (Å²) in [5, 5.41) is 8.69. The van der Waals surface area contributed by atoms with Gasteiger partial charge in [0.15, 0.2) is 0 Å². The third-order valence-electron chi connectivity index (χ3n) is 2.63. The first-order valence-electron chi connectivity index (χ1n) is 6.74. The third-order valence-corrected chi connectivity index (χ3v) is 4.14. The molecule has 1 N–H and O–H groups in total. The molecule has 0 aromatic heterocycles. The van der Waals surface area contributed by atoms with Crippen molar-refractivity contribution < 1.29 is 19.4 Å². The third kappa shape index (κ3) is 5.74. The molecule has 0 fully saturated rings. The summed E-state index contributed by atoms with van der Waals surface area (Å²) in [6.07, 6.45) is 0. The number of aliphatic carboxylic acids is 1. The zero-order valence-corrected chi connectivity index (χ0v) is 13.0. The van der Waals surface area contributed by atoms with Gasteiger partial charge in [-0.3, -0.25) is 4.79 Å². The van der Waals surface area contributed by atoms with Gasteiger partial charge in [-0.25, -0.2) is 0 Å². The van der Waals surface area contributed by atoms with E-state index in [0.717, 1.165) is 11.5 Å². The second-order valence-electron chi connectivity index (χ2n) is 4.63. The van der Waals surface area contributed by atoms with Gasteiger partial charge in [-0.1, -0.05) is 13.8 Å². The molecule has 0 amide bonds. The summed E-state index contributed by atoms with van der Waals surface area (Å²) in [6.45, 7) is 6.91. The van der Waals surface area contributed by atoms with Crippen LogP contribution < -0.4 is 9.47 Å². The average molecular weight is 298 g/mol. The molecule has 1 aromatic carbocycles. The van der Waals surface area contributed by atoms with E-state index >= 15 is 0 Å². The van der Waals surface area contributed by atoms with Crippen molar-refractivity contribution in [1.82, 2.24) is 0 Å². The summed E-state index contributed by atoms with van der Waals surface area (Å²) in [6, 6.07) is 7.43. The van der Waals surface area contributed by atoms with E-state index in [0.29, 0.717) is 19.0 Å². The van der Waals surface area contributed by atoms with Crippen LogP contribution in [0, 0.1) is 5.92 Å². The molecule has 4 nitrogen and oxygen atoms in total.